The van der Waals surface area contributed by atoms with E-state index in [0.29, 0.717) is 19.4 Å². The number of unbranched alkanes of at least 4 members (excludes halogenated alkanes) is 1. The molecule has 1 fully saturated rings. The largest absolute Gasteiger partial charge is 0.481 e. The van der Waals surface area contributed by atoms with Crippen molar-refractivity contribution in [3.05, 3.63) is 0 Å². The van der Waals surface area contributed by atoms with Crippen LogP contribution in [0.1, 0.15) is 45.4 Å². The maximum Gasteiger partial charge on any atom is 0.321 e. The van der Waals surface area contributed by atoms with Crippen molar-refractivity contribution in [3.8, 4) is 0 Å². The number of nitrogens with one attached hydrogen (secondary N) is 3. The lowest BCUT2D eigenvalue weighted by Gasteiger charge is -2.26. The van der Waals surface area contributed by atoms with Crippen molar-refractivity contribution >= 4 is 17.9 Å². The lowest BCUT2D eigenvalue weighted by molar-refractivity contribution is -0.143. The van der Waals surface area contributed by atoms with Crippen molar-refractivity contribution in [1.82, 2.24) is 16.0 Å². The summed E-state index contributed by atoms with van der Waals surface area (Å²) >= 11 is 0. The van der Waals surface area contributed by atoms with Gasteiger partial charge in [0.25, 0.3) is 0 Å². The molecule has 1 rings (SSSR count). The Balaban J connectivity index is 2.13. The second-order valence-electron chi connectivity index (χ2n) is 5.43. The number of imide groups is 1. The molecule has 0 bridgehead atoms. The van der Waals surface area contributed by atoms with Crippen LogP contribution >= 0.6 is 0 Å². The van der Waals surface area contributed by atoms with Crippen LogP contribution in [0.5, 0.6) is 0 Å². The smallest absolute Gasteiger partial charge is 0.321 e. The first-order valence-electron chi connectivity index (χ1n) is 7.56. The zero-order valence-corrected chi connectivity index (χ0v) is 12.5. The fourth-order valence-corrected chi connectivity index (χ4v) is 2.38. The molecule has 7 nitrogen and oxygen atoms in total. The van der Waals surface area contributed by atoms with E-state index in [9.17, 15) is 14.4 Å². The van der Waals surface area contributed by atoms with Crippen LogP contribution in [0, 0.1) is 5.92 Å². The maximum absolute atomic E-state index is 11.6. The lowest BCUT2D eigenvalue weighted by atomic mass is 9.86. The number of carbonyl (C=O) groups excluding carboxylic acids is 2. The highest BCUT2D eigenvalue weighted by Gasteiger charge is 2.25. The van der Waals surface area contributed by atoms with Crippen molar-refractivity contribution < 1.29 is 19.5 Å². The molecule has 21 heavy (non-hydrogen) atoms. The van der Waals surface area contributed by atoms with Crippen LogP contribution < -0.4 is 16.0 Å². The summed E-state index contributed by atoms with van der Waals surface area (Å²) in [4.78, 5) is 33.8. The van der Waals surface area contributed by atoms with E-state index in [-0.39, 0.29) is 24.4 Å². The number of hydrogen-bond acceptors (Lipinski definition) is 4. The van der Waals surface area contributed by atoms with Crippen molar-refractivity contribution in [3.63, 3.8) is 0 Å². The number of carboxylic acid groups (broad SMARTS) is 1. The number of carbonyl (C=O) groups is 3. The van der Waals surface area contributed by atoms with Crippen LogP contribution in [0.2, 0.25) is 0 Å². The molecular weight excluding hydrogens is 274 g/mol. The summed E-state index contributed by atoms with van der Waals surface area (Å²) in [5.41, 5.74) is 0. The molecule has 0 heterocycles. The Kier molecular flexibility index (Phi) is 7.74. The Morgan fingerprint density at radius 1 is 1.14 bits per heavy atom. The highest BCUT2D eigenvalue weighted by molar-refractivity contribution is 5.95. The number of aliphatic carboxylic acids is 1. The molecular formula is C14H25N3O4. The molecule has 0 saturated heterocycles. The minimum absolute atomic E-state index is 0.0730. The molecule has 0 aromatic carbocycles. The zero-order chi connectivity index (χ0) is 15.7. The summed E-state index contributed by atoms with van der Waals surface area (Å²) in [6.07, 6.45) is 4.61. The predicted octanol–water partition coefficient (Wildman–Crippen LogP) is 0.845. The van der Waals surface area contributed by atoms with E-state index in [2.05, 4.69) is 16.0 Å². The summed E-state index contributed by atoms with van der Waals surface area (Å²) in [6, 6.07) is -0.320. The van der Waals surface area contributed by atoms with Crippen LogP contribution in [-0.4, -0.2) is 42.1 Å². The highest BCUT2D eigenvalue weighted by atomic mass is 16.4. The van der Waals surface area contributed by atoms with Gasteiger partial charge in [0, 0.05) is 12.6 Å². The Bertz CT molecular complexity index is 365. The van der Waals surface area contributed by atoms with Crippen LogP contribution in [0.4, 0.5) is 4.79 Å². The normalized spacial score (nSPS) is 21.6. The zero-order valence-electron chi connectivity index (χ0n) is 12.5. The second-order valence-corrected chi connectivity index (χ2v) is 5.43. The van der Waals surface area contributed by atoms with Gasteiger partial charge in [-0.05, 0) is 32.1 Å². The van der Waals surface area contributed by atoms with Gasteiger partial charge in [0.15, 0.2) is 0 Å². The van der Waals surface area contributed by atoms with Crippen molar-refractivity contribution in [2.45, 2.75) is 51.5 Å². The number of hydrogen-bond donors (Lipinski definition) is 4. The molecule has 0 spiro atoms. The molecule has 4 N–H and O–H groups in total. The number of rotatable bonds is 7. The Morgan fingerprint density at radius 3 is 2.38 bits per heavy atom. The van der Waals surface area contributed by atoms with Crippen LogP contribution in [-0.2, 0) is 9.59 Å². The molecule has 0 unspecified atom stereocenters. The Morgan fingerprint density at radius 2 is 1.81 bits per heavy atom. The Labute approximate surface area is 124 Å². The fourth-order valence-electron chi connectivity index (χ4n) is 2.38. The van der Waals surface area contributed by atoms with Gasteiger partial charge in [0.2, 0.25) is 5.91 Å². The average Bonchev–Trinajstić information content (AvgIpc) is 2.46. The monoisotopic (exact) mass is 299 g/mol. The first-order valence-corrected chi connectivity index (χ1v) is 7.56. The van der Waals surface area contributed by atoms with Crippen LogP contribution in [0.15, 0.2) is 0 Å². The summed E-state index contributed by atoms with van der Waals surface area (Å²) < 4.78 is 0. The van der Waals surface area contributed by atoms with Gasteiger partial charge in [-0.2, -0.15) is 0 Å². The molecule has 0 radical (unpaired) electrons. The highest BCUT2D eigenvalue weighted by Crippen LogP contribution is 2.24. The molecule has 0 aromatic heterocycles. The van der Waals surface area contributed by atoms with E-state index in [1.54, 1.807) is 0 Å². The summed E-state index contributed by atoms with van der Waals surface area (Å²) in [7, 11) is 0. The summed E-state index contributed by atoms with van der Waals surface area (Å²) in [5.74, 6) is -1.37. The van der Waals surface area contributed by atoms with Crippen molar-refractivity contribution in [2.24, 2.45) is 5.92 Å². The van der Waals surface area contributed by atoms with Gasteiger partial charge in [0.05, 0.1) is 12.5 Å². The van der Waals surface area contributed by atoms with Gasteiger partial charge in [0.1, 0.15) is 0 Å². The van der Waals surface area contributed by atoms with E-state index in [1.165, 1.54) is 0 Å². The molecule has 1 saturated carbocycles. The molecule has 120 valence electrons. The van der Waals surface area contributed by atoms with Gasteiger partial charge in [-0.25, -0.2) is 4.79 Å². The van der Waals surface area contributed by atoms with Gasteiger partial charge in [-0.15, -0.1) is 0 Å². The molecule has 1 aliphatic rings. The van der Waals surface area contributed by atoms with E-state index in [4.69, 9.17) is 5.11 Å². The number of amides is 3. The third-order valence-electron chi connectivity index (χ3n) is 3.70. The average molecular weight is 299 g/mol. The van der Waals surface area contributed by atoms with Crippen molar-refractivity contribution in [1.29, 1.82) is 0 Å². The number of urea groups is 1. The first-order chi connectivity index (χ1) is 10.0. The lowest BCUT2D eigenvalue weighted by Crippen LogP contribution is -2.46. The SMILES string of the molecule is CCCCNC(=O)NC(=O)CNC1CCC(C(=O)O)CC1. The van der Waals surface area contributed by atoms with Crippen LogP contribution in [0.3, 0.4) is 0 Å². The minimum Gasteiger partial charge on any atom is -0.481 e. The van der Waals surface area contributed by atoms with Crippen LogP contribution in [0.25, 0.3) is 0 Å². The molecule has 0 atom stereocenters. The van der Waals surface area contributed by atoms with E-state index < -0.39 is 12.0 Å². The number of carboxylic acids is 1. The van der Waals surface area contributed by atoms with Gasteiger partial charge < -0.3 is 15.7 Å². The topological polar surface area (TPSA) is 108 Å². The third-order valence-corrected chi connectivity index (χ3v) is 3.70. The summed E-state index contributed by atoms with van der Waals surface area (Å²) in [6.45, 7) is 2.65. The molecule has 0 aliphatic heterocycles. The molecule has 3 amide bonds. The first kappa shape index (κ1) is 17.4. The maximum atomic E-state index is 11.6. The van der Waals surface area contributed by atoms with E-state index in [1.807, 2.05) is 6.92 Å². The van der Waals surface area contributed by atoms with E-state index in [0.717, 1.165) is 25.7 Å². The molecule has 0 aromatic rings. The Hall–Kier alpha value is -1.63. The quantitative estimate of drug-likeness (QED) is 0.521. The van der Waals surface area contributed by atoms with Gasteiger partial charge >= 0.3 is 12.0 Å². The van der Waals surface area contributed by atoms with Crippen molar-refractivity contribution in [2.75, 3.05) is 13.1 Å². The summed E-state index contributed by atoms with van der Waals surface area (Å²) in [5, 5.41) is 16.8. The fraction of sp³-hybridized carbons (Fsp3) is 0.786. The van der Waals surface area contributed by atoms with Gasteiger partial charge in [-0.1, -0.05) is 13.3 Å². The molecule has 1 aliphatic carbocycles. The standard InChI is InChI=1S/C14H25N3O4/c1-2-3-8-15-14(21)17-12(18)9-16-11-6-4-10(5-7-11)13(19)20/h10-11,16H,2-9H2,1H3,(H,19,20)(H2,15,17,18,21). The predicted molar refractivity (Wildman–Crippen MR) is 77.8 cm³/mol. The third kappa shape index (κ3) is 7.08. The van der Waals surface area contributed by atoms with Gasteiger partial charge in [-0.3, -0.25) is 14.9 Å². The second kappa shape index (κ2) is 9.33. The van der Waals surface area contributed by atoms with E-state index >= 15 is 0 Å². The molecule has 7 heteroatoms. The minimum atomic E-state index is -0.741.